The van der Waals surface area contributed by atoms with Gasteiger partial charge < -0.3 is 10.1 Å². The molecule has 3 heteroatoms. The first kappa shape index (κ1) is 13.4. The van der Waals surface area contributed by atoms with E-state index in [0.29, 0.717) is 6.04 Å². The average molecular weight is 239 g/mol. The largest absolute Gasteiger partial charge is 0.380 e. The monoisotopic (exact) mass is 239 g/mol. The standard InChI is InChI=1S/C13H21NOS/c1-4-15-9-11(2)14-13-7-5-6-12(8-13)10-16-3/h5-8,11,14H,4,9-10H2,1-3H3. The van der Waals surface area contributed by atoms with Gasteiger partial charge in [-0.25, -0.2) is 0 Å². The lowest BCUT2D eigenvalue weighted by Crippen LogP contribution is -2.21. The second-order valence-corrected chi connectivity index (χ2v) is 4.70. The first-order valence-electron chi connectivity index (χ1n) is 5.68. The van der Waals surface area contributed by atoms with Gasteiger partial charge in [-0.05, 0) is 37.8 Å². The Kier molecular flexibility index (Phi) is 6.34. The fourth-order valence-corrected chi connectivity index (χ4v) is 2.05. The Hall–Kier alpha value is -0.670. The maximum atomic E-state index is 5.38. The highest BCUT2D eigenvalue weighted by atomic mass is 32.2. The summed E-state index contributed by atoms with van der Waals surface area (Å²) in [6.45, 7) is 5.69. The van der Waals surface area contributed by atoms with E-state index in [4.69, 9.17) is 4.74 Å². The molecule has 0 amide bonds. The third kappa shape index (κ3) is 4.90. The molecule has 0 radical (unpaired) electrons. The maximum absolute atomic E-state index is 5.38. The van der Waals surface area contributed by atoms with E-state index in [2.05, 4.69) is 42.8 Å². The fraction of sp³-hybridized carbons (Fsp3) is 0.538. The van der Waals surface area contributed by atoms with Crippen molar-refractivity contribution in [2.24, 2.45) is 0 Å². The number of nitrogens with one attached hydrogen (secondary N) is 1. The predicted molar refractivity (Wildman–Crippen MR) is 73.2 cm³/mol. The fourth-order valence-electron chi connectivity index (χ4n) is 1.54. The molecule has 1 unspecified atom stereocenters. The molecule has 16 heavy (non-hydrogen) atoms. The van der Waals surface area contributed by atoms with Gasteiger partial charge in [0.05, 0.1) is 6.61 Å². The third-order valence-corrected chi connectivity index (χ3v) is 2.85. The van der Waals surface area contributed by atoms with Crippen molar-refractivity contribution < 1.29 is 4.74 Å². The zero-order valence-electron chi connectivity index (χ0n) is 10.3. The van der Waals surface area contributed by atoms with E-state index in [0.717, 1.165) is 19.0 Å². The summed E-state index contributed by atoms with van der Waals surface area (Å²) in [5.74, 6) is 1.06. The number of benzene rings is 1. The van der Waals surface area contributed by atoms with Crippen molar-refractivity contribution >= 4 is 17.4 Å². The summed E-state index contributed by atoms with van der Waals surface area (Å²) < 4.78 is 5.38. The summed E-state index contributed by atoms with van der Waals surface area (Å²) in [5.41, 5.74) is 2.54. The molecule has 0 spiro atoms. The molecule has 2 nitrogen and oxygen atoms in total. The van der Waals surface area contributed by atoms with Crippen molar-refractivity contribution in [3.05, 3.63) is 29.8 Å². The van der Waals surface area contributed by atoms with Gasteiger partial charge in [-0.1, -0.05) is 12.1 Å². The number of rotatable bonds is 7. The van der Waals surface area contributed by atoms with Crippen LogP contribution >= 0.6 is 11.8 Å². The molecule has 0 aliphatic rings. The normalized spacial score (nSPS) is 12.4. The predicted octanol–water partition coefficient (Wildman–Crippen LogP) is 3.39. The van der Waals surface area contributed by atoms with Crippen LogP contribution in [0, 0.1) is 0 Å². The van der Waals surface area contributed by atoms with E-state index in [1.54, 1.807) is 0 Å². The van der Waals surface area contributed by atoms with E-state index >= 15 is 0 Å². The van der Waals surface area contributed by atoms with Crippen LogP contribution in [0.4, 0.5) is 5.69 Å². The van der Waals surface area contributed by atoms with Crippen molar-refractivity contribution in [3.8, 4) is 0 Å². The van der Waals surface area contributed by atoms with Crippen molar-refractivity contribution in [3.63, 3.8) is 0 Å². The Bertz CT molecular complexity index is 304. The molecule has 0 aliphatic carbocycles. The first-order valence-corrected chi connectivity index (χ1v) is 7.07. The molecule has 0 fully saturated rings. The van der Waals surface area contributed by atoms with Crippen LogP contribution in [-0.4, -0.2) is 25.5 Å². The summed E-state index contributed by atoms with van der Waals surface area (Å²) in [5, 5.41) is 3.44. The zero-order valence-corrected chi connectivity index (χ0v) is 11.1. The highest BCUT2D eigenvalue weighted by molar-refractivity contribution is 7.97. The quantitative estimate of drug-likeness (QED) is 0.788. The molecule has 1 atom stereocenters. The van der Waals surface area contributed by atoms with Crippen LogP contribution in [0.5, 0.6) is 0 Å². The summed E-state index contributed by atoms with van der Waals surface area (Å²) in [4.78, 5) is 0. The van der Waals surface area contributed by atoms with Crippen molar-refractivity contribution in [1.82, 2.24) is 0 Å². The Balaban J connectivity index is 2.49. The molecule has 1 N–H and O–H groups in total. The van der Waals surface area contributed by atoms with Gasteiger partial charge in [0.2, 0.25) is 0 Å². The minimum absolute atomic E-state index is 0.351. The lowest BCUT2D eigenvalue weighted by atomic mass is 10.2. The highest BCUT2D eigenvalue weighted by Crippen LogP contribution is 2.15. The molecule has 1 aromatic carbocycles. The minimum Gasteiger partial charge on any atom is -0.380 e. The third-order valence-electron chi connectivity index (χ3n) is 2.22. The van der Waals surface area contributed by atoms with E-state index < -0.39 is 0 Å². The number of thioether (sulfide) groups is 1. The van der Waals surface area contributed by atoms with Crippen molar-refractivity contribution in [1.29, 1.82) is 0 Å². The maximum Gasteiger partial charge on any atom is 0.0664 e. The van der Waals surface area contributed by atoms with Crippen molar-refractivity contribution in [2.45, 2.75) is 25.6 Å². The topological polar surface area (TPSA) is 21.3 Å². The van der Waals surface area contributed by atoms with E-state index in [9.17, 15) is 0 Å². The molecular formula is C13H21NOS. The van der Waals surface area contributed by atoms with Gasteiger partial charge in [-0.3, -0.25) is 0 Å². The molecule has 0 aromatic heterocycles. The molecule has 0 saturated heterocycles. The average Bonchev–Trinajstić information content (AvgIpc) is 2.27. The van der Waals surface area contributed by atoms with Crippen LogP contribution in [-0.2, 0) is 10.5 Å². The molecule has 1 rings (SSSR count). The molecular weight excluding hydrogens is 218 g/mol. The van der Waals surface area contributed by atoms with E-state index in [1.165, 1.54) is 11.3 Å². The van der Waals surface area contributed by atoms with Gasteiger partial charge in [0.15, 0.2) is 0 Å². The smallest absolute Gasteiger partial charge is 0.0664 e. The number of anilines is 1. The summed E-state index contributed by atoms with van der Waals surface area (Å²) in [6, 6.07) is 8.92. The van der Waals surface area contributed by atoms with Crippen LogP contribution in [0.25, 0.3) is 0 Å². The van der Waals surface area contributed by atoms with Crippen LogP contribution in [0.1, 0.15) is 19.4 Å². The lowest BCUT2D eigenvalue weighted by Gasteiger charge is -2.15. The minimum atomic E-state index is 0.351. The first-order chi connectivity index (χ1) is 7.76. The second-order valence-electron chi connectivity index (χ2n) is 3.84. The number of hydrogen-bond donors (Lipinski definition) is 1. The molecule has 1 aromatic rings. The molecule has 0 heterocycles. The summed E-state index contributed by atoms with van der Waals surface area (Å²) in [7, 11) is 0. The van der Waals surface area contributed by atoms with Gasteiger partial charge >= 0.3 is 0 Å². The lowest BCUT2D eigenvalue weighted by molar-refractivity contribution is 0.141. The van der Waals surface area contributed by atoms with Gasteiger partial charge in [0, 0.05) is 24.1 Å². The Morgan fingerprint density at radius 1 is 1.44 bits per heavy atom. The Morgan fingerprint density at radius 2 is 2.25 bits per heavy atom. The summed E-state index contributed by atoms with van der Waals surface area (Å²) in [6.07, 6.45) is 2.12. The molecule has 0 bridgehead atoms. The SMILES string of the molecule is CCOCC(C)Nc1cccc(CSC)c1. The van der Waals surface area contributed by atoms with E-state index in [-0.39, 0.29) is 0 Å². The second kappa shape index (κ2) is 7.58. The van der Waals surface area contributed by atoms with Gasteiger partial charge in [0.1, 0.15) is 0 Å². The van der Waals surface area contributed by atoms with Gasteiger partial charge in [-0.2, -0.15) is 11.8 Å². The Morgan fingerprint density at radius 3 is 2.94 bits per heavy atom. The van der Waals surface area contributed by atoms with Crippen LogP contribution < -0.4 is 5.32 Å². The van der Waals surface area contributed by atoms with Crippen LogP contribution in [0.15, 0.2) is 24.3 Å². The van der Waals surface area contributed by atoms with Gasteiger partial charge in [-0.15, -0.1) is 0 Å². The number of hydrogen-bond acceptors (Lipinski definition) is 3. The zero-order chi connectivity index (χ0) is 11.8. The molecule has 0 aliphatic heterocycles. The number of ether oxygens (including phenoxy) is 1. The van der Waals surface area contributed by atoms with E-state index in [1.807, 2.05) is 18.7 Å². The van der Waals surface area contributed by atoms with Crippen LogP contribution in [0.2, 0.25) is 0 Å². The highest BCUT2D eigenvalue weighted by Gasteiger charge is 2.02. The Labute approximate surface area is 103 Å². The van der Waals surface area contributed by atoms with Crippen LogP contribution in [0.3, 0.4) is 0 Å². The summed E-state index contributed by atoms with van der Waals surface area (Å²) >= 11 is 1.84. The van der Waals surface area contributed by atoms with Gasteiger partial charge in [0.25, 0.3) is 0 Å². The van der Waals surface area contributed by atoms with Crippen molar-refractivity contribution in [2.75, 3.05) is 24.8 Å². The molecule has 0 saturated carbocycles. The molecule has 90 valence electrons.